The molecule has 26 heavy (non-hydrogen) atoms. The van der Waals surface area contributed by atoms with Gasteiger partial charge >= 0.3 is 0 Å². The molecule has 3 rings (SSSR count). The summed E-state index contributed by atoms with van der Waals surface area (Å²) in [6.07, 6.45) is 0. The highest BCUT2D eigenvalue weighted by Gasteiger charge is 2.37. The number of nitrogens with one attached hydrogen (secondary N) is 1. The molecule has 1 atom stereocenters. The number of carbonyl (C=O) groups is 2. The zero-order valence-electron chi connectivity index (χ0n) is 16.0. The van der Waals surface area contributed by atoms with E-state index >= 15 is 0 Å². The second kappa shape index (κ2) is 6.94. The van der Waals surface area contributed by atoms with Crippen LogP contribution < -0.4 is 5.32 Å². The van der Waals surface area contributed by atoms with Crippen LogP contribution >= 0.6 is 0 Å². The number of fused-ring (bicyclic) bond motifs is 1. The van der Waals surface area contributed by atoms with Crippen LogP contribution in [0.3, 0.4) is 0 Å². The third-order valence-corrected chi connectivity index (χ3v) is 5.18. The normalized spacial score (nSPS) is 14.7. The number of hydrogen-bond acceptors (Lipinski definition) is 3. The van der Waals surface area contributed by atoms with Gasteiger partial charge in [-0.25, -0.2) is 0 Å². The average Bonchev–Trinajstić information content (AvgIpc) is 3.03. The van der Waals surface area contributed by atoms with Crippen LogP contribution in [0.5, 0.6) is 0 Å². The third kappa shape index (κ3) is 3.11. The molecular weight excluding hydrogens is 328 g/mol. The Morgan fingerprint density at radius 2 is 1.96 bits per heavy atom. The van der Waals surface area contributed by atoms with Gasteiger partial charge in [-0.1, -0.05) is 32.0 Å². The van der Waals surface area contributed by atoms with Gasteiger partial charge in [0.2, 0.25) is 5.91 Å². The van der Waals surface area contributed by atoms with Crippen LogP contribution in [-0.4, -0.2) is 32.5 Å². The van der Waals surface area contributed by atoms with E-state index in [9.17, 15) is 9.59 Å². The van der Waals surface area contributed by atoms with E-state index in [0.717, 1.165) is 22.5 Å². The summed E-state index contributed by atoms with van der Waals surface area (Å²) in [6.45, 7) is 8.78. The Labute approximate surface area is 154 Å². The number of rotatable bonds is 5. The summed E-state index contributed by atoms with van der Waals surface area (Å²) in [4.78, 5) is 27.4. The standard InChI is InChI=1S/C20H26N4O2/c1-12(2)18(24-11-15-8-6-7-9-16(15)20(24)26)19(25)21-10-17-13(3)22-23(5)14(17)4/h6-9,12,18H,10-11H2,1-5H3,(H,21,25)/t18-/m1/s1. The molecule has 0 bridgehead atoms. The minimum absolute atomic E-state index is 0.0179. The Balaban J connectivity index is 1.76. The molecule has 2 aromatic rings. The van der Waals surface area contributed by atoms with Gasteiger partial charge in [-0.05, 0) is 31.4 Å². The summed E-state index contributed by atoms with van der Waals surface area (Å²) in [5.41, 5.74) is 4.66. The molecule has 0 aliphatic carbocycles. The lowest BCUT2D eigenvalue weighted by Gasteiger charge is -2.30. The zero-order chi connectivity index (χ0) is 19.0. The summed E-state index contributed by atoms with van der Waals surface area (Å²) in [7, 11) is 1.89. The van der Waals surface area contributed by atoms with Gasteiger partial charge < -0.3 is 10.2 Å². The molecule has 1 aliphatic rings. The maximum absolute atomic E-state index is 12.9. The lowest BCUT2D eigenvalue weighted by atomic mass is 10.0. The number of benzene rings is 1. The summed E-state index contributed by atoms with van der Waals surface area (Å²) in [6, 6.07) is 7.07. The molecule has 1 N–H and O–H groups in total. The van der Waals surface area contributed by atoms with E-state index in [1.807, 2.05) is 63.7 Å². The molecule has 0 saturated heterocycles. The first-order valence-electron chi connectivity index (χ1n) is 8.97. The highest BCUT2D eigenvalue weighted by atomic mass is 16.2. The van der Waals surface area contributed by atoms with Gasteiger partial charge in [0.15, 0.2) is 0 Å². The predicted octanol–water partition coefficient (Wildman–Crippen LogP) is 2.33. The van der Waals surface area contributed by atoms with Crippen LogP contribution in [0.1, 0.15) is 46.7 Å². The minimum Gasteiger partial charge on any atom is -0.350 e. The first kappa shape index (κ1) is 18.2. The molecule has 2 heterocycles. The van der Waals surface area contributed by atoms with Crippen LogP contribution in [0.4, 0.5) is 0 Å². The predicted molar refractivity (Wildman–Crippen MR) is 99.5 cm³/mol. The molecule has 2 amide bonds. The first-order chi connectivity index (χ1) is 12.3. The second-order valence-corrected chi connectivity index (χ2v) is 7.27. The highest BCUT2D eigenvalue weighted by Crippen LogP contribution is 2.27. The number of aryl methyl sites for hydroxylation is 2. The van der Waals surface area contributed by atoms with Gasteiger partial charge in [0.25, 0.3) is 5.91 Å². The van der Waals surface area contributed by atoms with Crippen LogP contribution in [0.25, 0.3) is 0 Å². The van der Waals surface area contributed by atoms with Gasteiger partial charge in [-0.2, -0.15) is 5.10 Å². The lowest BCUT2D eigenvalue weighted by Crippen LogP contribution is -2.49. The molecule has 0 spiro atoms. The summed E-state index contributed by atoms with van der Waals surface area (Å²) in [5, 5.41) is 7.40. The Kier molecular flexibility index (Phi) is 4.85. The fraction of sp³-hybridized carbons (Fsp3) is 0.450. The highest BCUT2D eigenvalue weighted by molar-refractivity contribution is 6.01. The van der Waals surface area contributed by atoms with E-state index in [4.69, 9.17) is 0 Å². The van der Waals surface area contributed by atoms with E-state index in [0.29, 0.717) is 18.7 Å². The number of hydrogen-bond donors (Lipinski definition) is 1. The van der Waals surface area contributed by atoms with Gasteiger partial charge in [0.1, 0.15) is 6.04 Å². The molecule has 1 aromatic heterocycles. The SMILES string of the molecule is Cc1nn(C)c(C)c1CNC(=O)[C@@H](C(C)C)N1Cc2ccccc2C1=O. The van der Waals surface area contributed by atoms with Crippen molar-refractivity contribution in [3.8, 4) is 0 Å². The van der Waals surface area contributed by atoms with Crippen molar-refractivity contribution in [2.45, 2.75) is 46.8 Å². The molecule has 0 radical (unpaired) electrons. The first-order valence-corrected chi connectivity index (χ1v) is 8.97. The summed E-state index contributed by atoms with van der Waals surface area (Å²) >= 11 is 0. The number of nitrogens with zero attached hydrogens (tertiary/aromatic N) is 3. The van der Waals surface area contributed by atoms with Gasteiger partial charge in [0.05, 0.1) is 5.69 Å². The Morgan fingerprint density at radius 3 is 2.54 bits per heavy atom. The molecule has 0 unspecified atom stereocenters. The molecule has 1 aromatic carbocycles. The van der Waals surface area contributed by atoms with Crippen molar-refractivity contribution in [3.05, 3.63) is 52.3 Å². The van der Waals surface area contributed by atoms with Gasteiger partial charge in [0, 0.05) is 37.0 Å². The largest absolute Gasteiger partial charge is 0.350 e. The lowest BCUT2D eigenvalue weighted by molar-refractivity contribution is -0.127. The van der Waals surface area contributed by atoms with Crippen molar-refractivity contribution < 1.29 is 9.59 Å². The van der Waals surface area contributed by atoms with Crippen LogP contribution in [0, 0.1) is 19.8 Å². The number of amides is 2. The van der Waals surface area contributed by atoms with Crippen LogP contribution in [0.15, 0.2) is 24.3 Å². The van der Waals surface area contributed by atoms with E-state index in [-0.39, 0.29) is 17.7 Å². The zero-order valence-corrected chi connectivity index (χ0v) is 16.0. The summed E-state index contributed by atoms with van der Waals surface area (Å²) in [5.74, 6) is -0.170. The van der Waals surface area contributed by atoms with E-state index in [2.05, 4.69) is 10.4 Å². The smallest absolute Gasteiger partial charge is 0.255 e. The molecule has 6 heteroatoms. The molecular formula is C20H26N4O2. The third-order valence-electron chi connectivity index (χ3n) is 5.18. The minimum atomic E-state index is -0.493. The van der Waals surface area contributed by atoms with Crippen LogP contribution in [0.2, 0.25) is 0 Å². The van der Waals surface area contributed by atoms with Crippen molar-refractivity contribution >= 4 is 11.8 Å². The van der Waals surface area contributed by atoms with Crippen molar-refractivity contribution in [1.29, 1.82) is 0 Å². The van der Waals surface area contributed by atoms with Crippen molar-refractivity contribution in [3.63, 3.8) is 0 Å². The fourth-order valence-corrected chi connectivity index (χ4v) is 3.66. The van der Waals surface area contributed by atoms with Gasteiger partial charge in [-0.3, -0.25) is 14.3 Å². The maximum atomic E-state index is 12.9. The molecule has 0 fully saturated rings. The topological polar surface area (TPSA) is 67.2 Å². The monoisotopic (exact) mass is 354 g/mol. The molecule has 138 valence electrons. The fourth-order valence-electron chi connectivity index (χ4n) is 3.66. The Bertz CT molecular complexity index is 853. The average molecular weight is 354 g/mol. The van der Waals surface area contributed by atoms with E-state index < -0.39 is 6.04 Å². The number of carbonyl (C=O) groups excluding carboxylic acids is 2. The van der Waals surface area contributed by atoms with Crippen molar-refractivity contribution in [2.24, 2.45) is 13.0 Å². The number of aromatic nitrogens is 2. The second-order valence-electron chi connectivity index (χ2n) is 7.27. The van der Waals surface area contributed by atoms with Crippen LogP contribution in [-0.2, 0) is 24.9 Å². The molecule has 1 aliphatic heterocycles. The van der Waals surface area contributed by atoms with E-state index in [1.165, 1.54) is 0 Å². The van der Waals surface area contributed by atoms with Gasteiger partial charge in [-0.15, -0.1) is 0 Å². The molecule has 6 nitrogen and oxygen atoms in total. The van der Waals surface area contributed by atoms with Crippen molar-refractivity contribution in [1.82, 2.24) is 20.0 Å². The van der Waals surface area contributed by atoms with E-state index in [1.54, 1.807) is 4.90 Å². The quantitative estimate of drug-likeness (QED) is 0.896. The Morgan fingerprint density at radius 1 is 1.27 bits per heavy atom. The Hall–Kier alpha value is -2.63. The molecule has 0 saturated carbocycles. The van der Waals surface area contributed by atoms with Crippen molar-refractivity contribution in [2.75, 3.05) is 0 Å². The summed E-state index contributed by atoms with van der Waals surface area (Å²) < 4.78 is 1.82. The maximum Gasteiger partial charge on any atom is 0.255 e.